The molecule has 20 heavy (non-hydrogen) atoms. The lowest BCUT2D eigenvalue weighted by atomic mass is 9.85. The molecule has 3 nitrogen and oxygen atoms in total. The van der Waals surface area contributed by atoms with Crippen molar-refractivity contribution >= 4 is 17.2 Å². The number of carbonyl (C=O) groups excluding carboxylic acids is 1. The van der Waals surface area contributed by atoms with E-state index in [4.69, 9.17) is 0 Å². The smallest absolute Gasteiger partial charge is 0.241 e. The number of hydrogen-bond donors (Lipinski definition) is 1. The molecule has 4 heteroatoms. The molecule has 3 rings (SSSR count). The normalized spacial score (nSPS) is 27.1. The third kappa shape index (κ3) is 2.77. The number of thiophene rings is 1. The largest absolute Gasteiger partial charge is 0.320 e. The standard InChI is InChI=1S/C16H24N2OS/c1-2-3-8-13-16(19)18(11-12-6-4-7-12)15(17-13)14-9-5-10-20-14/h5,9-10,12-13,15,17H,2-4,6-8,11H2,1H3. The van der Waals surface area contributed by atoms with Gasteiger partial charge in [0.1, 0.15) is 6.17 Å². The summed E-state index contributed by atoms with van der Waals surface area (Å²) >= 11 is 1.75. The first-order valence-electron chi connectivity index (χ1n) is 7.89. The third-order valence-corrected chi connectivity index (χ3v) is 5.52. The van der Waals surface area contributed by atoms with Gasteiger partial charge in [-0.25, -0.2) is 0 Å². The van der Waals surface area contributed by atoms with Crippen molar-refractivity contribution in [2.45, 2.75) is 57.7 Å². The molecule has 2 unspecified atom stereocenters. The quantitative estimate of drug-likeness (QED) is 0.870. The van der Waals surface area contributed by atoms with E-state index in [0.29, 0.717) is 5.91 Å². The Hall–Kier alpha value is -0.870. The van der Waals surface area contributed by atoms with Crippen molar-refractivity contribution in [1.29, 1.82) is 0 Å². The van der Waals surface area contributed by atoms with Crippen molar-refractivity contribution in [3.8, 4) is 0 Å². The summed E-state index contributed by atoms with van der Waals surface area (Å²) in [7, 11) is 0. The molecule has 1 aromatic rings. The molecular weight excluding hydrogens is 268 g/mol. The molecule has 110 valence electrons. The second-order valence-electron chi connectivity index (χ2n) is 6.07. The van der Waals surface area contributed by atoms with Gasteiger partial charge in [0, 0.05) is 11.4 Å². The highest BCUT2D eigenvalue weighted by Crippen LogP contribution is 2.34. The fourth-order valence-electron chi connectivity index (χ4n) is 3.13. The van der Waals surface area contributed by atoms with Crippen LogP contribution < -0.4 is 5.32 Å². The number of nitrogens with zero attached hydrogens (tertiary/aromatic N) is 1. The summed E-state index contributed by atoms with van der Waals surface area (Å²) in [6, 6.07) is 4.25. The van der Waals surface area contributed by atoms with E-state index in [1.54, 1.807) is 11.3 Å². The van der Waals surface area contributed by atoms with Crippen molar-refractivity contribution in [2.24, 2.45) is 5.92 Å². The maximum absolute atomic E-state index is 12.7. The lowest BCUT2D eigenvalue weighted by Gasteiger charge is -2.32. The van der Waals surface area contributed by atoms with Crippen LogP contribution in [0.1, 0.15) is 56.5 Å². The second-order valence-corrected chi connectivity index (χ2v) is 7.05. The Kier molecular flexibility index (Phi) is 4.41. The van der Waals surface area contributed by atoms with Crippen LogP contribution in [0, 0.1) is 5.92 Å². The zero-order valence-electron chi connectivity index (χ0n) is 12.2. The molecule has 0 radical (unpaired) electrons. The van der Waals surface area contributed by atoms with Crippen LogP contribution in [0.25, 0.3) is 0 Å². The zero-order valence-corrected chi connectivity index (χ0v) is 13.0. The topological polar surface area (TPSA) is 32.3 Å². The van der Waals surface area contributed by atoms with Gasteiger partial charge < -0.3 is 4.90 Å². The van der Waals surface area contributed by atoms with Crippen LogP contribution in [0.15, 0.2) is 17.5 Å². The Morgan fingerprint density at radius 3 is 2.90 bits per heavy atom. The van der Waals surface area contributed by atoms with E-state index in [-0.39, 0.29) is 12.2 Å². The molecule has 0 spiro atoms. The van der Waals surface area contributed by atoms with Gasteiger partial charge in [-0.3, -0.25) is 10.1 Å². The van der Waals surface area contributed by atoms with Crippen LogP contribution in [-0.4, -0.2) is 23.4 Å². The van der Waals surface area contributed by atoms with Gasteiger partial charge in [0.15, 0.2) is 0 Å². The highest BCUT2D eigenvalue weighted by atomic mass is 32.1. The van der Waals surface area contributed by atoms with Crippen molar-refractivity contribution in [3.05, 3.63) is 22.4 Å². The predicted octanol–water partition coefficient (Wildman–Crippen LogP) is 3.54. The number of nitrogens with one attached hydrogen (secondary N) is 1. The minimum absolute atomic E-state index is 0.0297. The number of rotatable bonds is 6. The molecule has 0 bridgehead atoms. The lowest BCUT2D eigenvalue weighted by molar-refractivity contribution is -0.131. The molecule has 2 aliphatic rings. The van der Waals surface area contributed by atoms with E-state index in [2.05, 4.69) is 34.7 Å². The van der Waals surface area contributed by atoms with Crippen LogP contribution in [0.2, 0.25) is 0 Å². The van der Waals surface area contributed by atoms with E-state index in [0.717, 1.165) is 31.7 Å². The van der Waals surface area contributed by atoms with Gasteiger partial charge in [0.25, 0.3) is 0 Å². The van der Waals surface area contributed by atoms with Gasteiger partial charge in [-0.1, -0.05) is 32.3 Å². The molecule has 1 aliphatic carbocycles. The molecule has 1 aliphatic heterocycles. The summed E-state index contributed by atoms with van der Waals surface area (Å²) < 4.78 is 0. The van der Waals surface area contributed by atoms with Gasteiger partial charge in [0.05, 0.1) is 6.04 Å². The molecule has 1 saturated carbocycles. The van der Waals surface area contributed by atoms with Crippen LogP contribution in [0.5, 0.6) is 0 Å². The van der Waals surface area contributed by atoms with E-state index in [9.17, 15) is 4.79 Å². The SMILES string of the molecule is CCCCC1NC(c2cccs2)N(CC2CCC2)C1=O. The lowest BCUT2D eigenvalue weighted by Crippen LogP contribution is -2.37. The molecule has 2 fully saturated rings. The van der Waals surface area contributed by atoms with Crippen LogP contribution in [-0.2, 0) is 4.79 Å². The number of carbonyl (C=O) groups is 1. The van der Waals surface area contributed by atoms with E-state index < -0.39 is 0 Å². The van der Waals surface area contributed by atoms with Gasteiger partial charge in [-0.15, -0.1) is 11.3 Å². The minimum Gasteiger partial charge on any atom is -0.320 e. The Morgan fingerprint density at radius 1 is 1.45 bits per heavy atom. The molecule has 1 aromatic heterocycles. The highest BCUT2D eigenvalue weighted by Gasteiger charge is 2.40. The van der Waals surface area contributed by atoms with Gasteiger partial charge in [0.2, 0.25) is 5.91 Å². The Bertz CT molecular complexity index is 441. The molecule has 1 N–H and O–H groups in total. The fraction of sp³-hybridized carbons (Fsp3) is 0.688. The number of unbranched alkanes of at least 4 members (excludes halogenated alkanes) is 1. The molecule has 2 atom stereocenters. The summed E-state index contributed by atoms with van der Waals surface area (Å²) in [5.41, 5.74) is 0. The molecule has 1 saturated heterocycles. The predicted molar refractivity (Wildman–Crippen MR) is 82.6 cm³/mol. The third-order valence-electron chi connectivity index (χ3n) is 4.59. The van der Waals surface area contributed by atoms with E-state index in [1.165, 1.54) is 24.1 Å². The second kappa shape index (κ2) is 6.27. The Balaban J connectivity index is 1.72. The van der Waals surface area contributed by atoms with Gasteiger partial charge >= 0.3 is 0 Å². The van der Waals surface area contributed by atoms with Crippen molar-refractivity contribution in [2.75, 3.05) is 6.54 Å². The summed E-state index contributed by atoms with van der Waals surface area (Å²) in [6.45, 7) is 3.12. The molecule has 2 heterocycles. The van der Waals surface area contributed by atoms with Crippen LogP contribution in [0.4, 0.5) is 0 Å². The molecule has 1 amide bonds. The van der Waals surface area contributed by atoms with Crippen LogP contribution in [0.3, 0.4) is 0 Å². The monoisotopic (exact) mass is 292 g/mol. The van der Waals surface area contributed by atoms with E-state index in [1.807, 2.05) is 0 Å². The zero-order chi connectivity index (χ0) is 13.9. The average molecular weight is 292 g/mol. The van der Waals surface area contributed by atoms with Gasteiger partial charge in [-0.2, -0.15) is 0 Å². The van der Waals surface area contributed by atoms with Crippen molar-refractivity contribution < 1.29 is 4.79 Å². The van der Waals surface area contributed by atoms with Crippen molar-refractivity contribution in [3.63, 3.8) is 0 Å². The minimum atomic E-state index is 0.0297. The first-order chi connectivity index (χ1) is 9.79. The number of amides is 1. The van der Waals surface area contributed by atoms with Crippen LogP contribution >= 0.6 is 11.3 Å². The molecular formula is C16H24N2OS. The average Bonchev–Trinajstić information content (AvgIpc) is 3.01. The Labute approximate surface area is 125 Å². The highest BCUT2D eigenvalue weighted by molar-refractivity contribution is 7.10. The van der Waals surface area contributed by atoms with Crippen molar-refractivity contribution in [1.82, 2.24) is 10.2 Å². The summed E-state index contributed by atoms with van der Waals surface area (Å²) in [5.74, 6) is 1.05. The summed E-state index contributed by atoms with van der Waals surface area (Å²) in [5, 5.41) is 5.67. The first kappa shape index (κ1) is 14.1. The van der Waals surface area contributed by atoms with Gasteiger partial charge in [-0.05, 0) is 36.6 Å². The maximum Gasteiger partial charge on any atom is 0.241 e. The summed E-state index contributed by atoms with van der Waals surface area (Å²) in [4.78, 5) is 16.0. The maximum atomic E-state index is 12.7. The first-order valence-corrected chi connectivity index (χ1v) is 8.77. The Morgan fingerprint density at radius 2 is 2.30 bits per heavy atom. The summed E-state index contributed by atoms with van der Waals surface area (Å²) in [6.07, 6.45) is 7.28. The fourth-order valence-corrected chi connectivity index (χ4v) is 3.92. The van der Waals surface area contributed by atoms with E-state index >= 15 is 0 Å². The molecule has 0 aromatic carbocycles. The number of hydrogen-bond acceptors (Lipinski definition) is 3.